The van der Waals surface area contributed by atoms with Crippen LogP contribution in [0, 0.1) is 0 Å². The van der Waals surface area contributed by atoms with Gasteiger partial charge in [-0.05, 0) is 42.3 Å². The highest BCUT2D eigenvalue weighted by Gasteiger charge is 2.14. The summed E-state index contributed by atoms with van der Waals surface area (Å²) in [6.45, 7) is 2.84. The number of nitrogens with zero attached hydrogens (tertiary/aromatic N) is 2. The van der Waals surface area contributed by atoms with Gasteiger partial charge in [0, 0.05) is 31.2 Å². The first-order chi connectivity index (χ1) is 8.88. The van der Waals surface area contributed by atoms with Crippen LogP contribution in [0.4, 0.5) is 5.82 Å². The molecular formula is C15H19N3. The largest absolute Gasteiger partial charge is 0.356 e. The summed E-state index contributed by atoms with van der Waals surface area (Å²) in [5, 5.41) is 2.49. The van der Waals surface area contributed by atoms with Gasteiger partial charge in [-0.1, -0.05) is 12.1 Å². The minimum absolute atomic E-state index is 0.588. The van der Waals surface area contributed by atoms with E-state index in [1.54, 1.807) is 0 Å². The van der Waals surface area contributed by atoms with Gasteiger partial charge in [0.25, 0.3) is 0 Å². The van der Waals surface area contributed by atoms with Crippen molar-refractivity contribution in [3.05, 3.63) is 36.0 Å². The van der Waals surface area contributed by atoms with Crippen LogP contribution >= 0.6 is 0 Å². The number of anilines is 1. The second-order valence-electron chi connectivity index (χ2n) is 4.94. The summed E-state index contributed by atoms with van der Waals surface area (Å²) < 4.78 is 0. The van der Waals surface area contributed by atoms with E-state index < -0.39 is 0 Å². The summed E-state index contributed by atoms with van der Waals surface area (Å²) in [5.41, 5.74) is 6.91. The molecule has 0 saturated carbocycles. The molecule has 0 radical (unpaired) electrons. The number of fused-ring (bicyclic) bond motifs is 1. The Balaban J connectivity index is 2.09. The van der Waals surface area contributed by atoms with Gasteiger partial charge in [-0.2, -0.15) is 0 Å². The standard InChI is InChI=1S/C15H19N3/c16-11-12-4-5-13-6-7-17-15(14(13)10-12)18-8-2-1-3-9-18/h4-7,10H,1-3,8-9,11,16H2. The molecule has 0 bridgehead atoms. The van der Waals surface area contributed by atoms with Gasteiger partial charge in [-0.25, -0.2) is 4.98 Å². The van der Waals surface area contributed by atoms with Crippen LogP contribution in [0.25, 0.3) is 10.8 Å². The van der Waals surface area contributed by atoms with Crippen LogP contribution in [0.1, 0.15) is 24.8 Å². The van der Waals surface area contributed by atoms with Gasteiger partial charge in [0.05, 0.1) is 0 Å². The van der Waals surface area contributed by atoms with E-state index >= 15 is 0 Å². The maximum Gasteiger partial charge on any atom is 0.136 e. The van der Waals surface area contributed by atoms with Crippen LogP contribution in [-0.2, 0) is 6.54 Å². The minimum Gasteiger partial charge on any atom is -0.356 e. The Morgan fingerprint density at radius 1 is 1.11 bits per heavy atom. The van der Waals surface area contributed by atoms with Crippen molar-refractivity contribution in [2.75, 3.05) is 18.0 Å². The summed E-state index contributed by atoms with van der Waals surface area (Å²) in [5.74, 6) is 1.13. The first-order valence-electron chi connectivity index (χ1n) is 6.71. The second-order valence-corrected chi connectivity index (χ2v) is 4.94. The first-order valence-corrected chi connectivity index (χ1v) is 6.71. The third-order valence-corrected chi connectivity index (χ3v) is 3.70. The molecule has 0 atom stereocenters. The van der Waals surface area contributed by atoms with Gasteiger partial charge in [0.15, 0.2) is 0 Å². The highest BCUT2D eigenvalue weighted by molar-refractivity contribution is 5.92. The van der Waals surface area contributed by atoms with Crippen LogP contribution in [0.2, 0.25) is 0 Å². The van der Waals surface area contributed by atoms with E-state index in [2.05, 4.69) is 34.1 Å². The number of rotatable bonds is 2. The van der Waals surface area contributed by atoms with Crippen molar-refractivity contribution in [1.29, 1.82) is 0 Å². The maximum absolute atomic E-state index is 5.74. The maximum atomic E-state index is 5.74. The molecule has 2 N–H and O–H groups in total. The number of nitrogens with two attached hydrogens (primary N) is 1. The smallest absolute Gasteiger partial charge is 0.136 e. The summed E-state index contributed by atoms with van der Waals surface area (Å²) in [6.07, 6.45) is 5.80. The fraction of sp³-hybridized carbons (Fsp3) is 0.400. The van der Waals surface area contributed by atoms with E-state index in [0.29, 0.717) is 6.54 Å². The second kappa shape index (κ2) is 4.94. The quantitative estimate of drug-likeness (QED) is 0.879. The molecule has 0 unspecified atom stereocenters. The molecule has 3 heteroatoms. The van der Waals surface area contributed by atoms with Crippen LogP contribution in [0.3, 0.4) is 0 Å². The Hall–Kier alpha value is -1.61. The molecule has 1 aromatic heterocycles. The highest BCUT2D eigenvalue weighted by atomic mass is 15.2. The van der Waals surface area contributed by atoms with Crippen molar-refractivity contribution in [1.82, 2.24) is 4.98 Å². The Morgan fingerprint density at radius 3 is 2.72 bits per heavy atom. The summed E-state index contributed by atoms with van der Waals surface area (Å²) >= 11 is 0. The molecule has 2 heterocycles. The van der Waals surface area contributed by atoms with Crippen molar-refractivity contribution in [2.24, 2.45) is 5.73 Å². The lowest BCUT2D eigenvalue weighted by molar-refractivity contribution is 0.575. The predicted molar refractivity (Wildman–Crippen MR) is 75.7 cm³/mol. The number of aromatic nitrogens is 1. The molecule has 3 rings (SSSR count). The number of pyridine rings is 1. The molecule has 1 aliphatic rings. The van der Waals surface area contributed by atoms with Gasteiger partial charge in [0.1, 0.15) is 5.82 Å². The van der Waals surface area contributed by atoms with Crippen LogP contribution in [0.5, 0.6) is 0 Å². The fourth-order valence-electron chi connectivity index (χ4n) is 2.68. The molecule has 94 valence electrons. The van der Waals surface area contributed by atoms with E-state index in [-0.39, 0.29) is 0 Å². The fourth-order valence-corrected chi connectivity index (χ4v) is 2.68. The molecule has 1 saturated heterocycles. The molecule has 1 fully saturated rings. The van der Waals surface area contributed by atoms with Crippen molar-refractivity contribution < 1.29 is 0 Å². The Morgan fingerprint density at radius 2 is 1.94 bits per heavy atom. The SMILES string of the molecule is NCc1ccc2ccnc(N3CCCCC3)c2c1. The molecule has 3 nitrogen and oxygen atoms in total. The average Bonchev–Trinajstić information content (AvgIpc) is 2.47. The van der Waals surface area contributed by atoms with Crippen molar-refractivity contribution in [3.63, 3.8) is 0 Å². The molecule has 18 heavy (non-hydrogen) atoms. The van der Waals surface area contributed by atoms with E-state index in [0.717, 1.165) is 18.9 Å². The van der Waals surface area contributed by atoms with E-state index in [1.807, 2.05) is 6.20 Å². The van der Waals surface area contributed by atoms with E-state index in [9.17, 15) is 0 Å². The number of hydrogen-bond donors (Lipinski definition) is 1. The zero-order valence-electron chi connectivity index (χ0n) is 10.6. The number of benzene rings is 1. The highest BCUT2D eigenvalue weighted by Crippen LogP contribution is 2.27. The zero-order chi connectivity index (χ0) is 12.4. The molecular weight excluding hydrogens is 222 g/mol. The lowest BCUT2D eigenvalue weighted by Gasteiger charge is -2.28. The Bertz CT molecular complexity index is 544. The number of piperidine rings is 1. The van der Waals surface area contributed by atoms with Gasteiger partial charge in [-0.3, -0.25) is 0 Å². The van der Waals surface area contributed by atoms with Crippen molar-refractivity contribution in [3.8, 4) is 0 Å². The Kier molecular flexibility index (Phi) is 3.15. The predicted octanol–water partition coefficient (Wildman–Crippen LogP) is 2.68. The number of hydrogen-bond acceptors (Lipinski definition) is 3. The normalized spacial score (nSPS) is 16.2. The lowest BCUT2D eigenvalue weighted by Crippen LogP contribution is -2.30. The molecule has 1 aromatic carbocycles. The van der Waals surface area contributed by atoms with Gasteiger partial charge >= 0.3 is 0 Å². The molecule has 0 aliphatic carbocycles. The summed E-state index contributed by atoms with van der Waals surface area (Å²) in [4.78, 5) is 7.00. The van der Waals surface area contributed by atoms with Crippen LogP contribution in [-0.4, -0.2) is 18.1 Å². The average molecular weight is 241 g/mol. The summed E-state index contributed by atoms with van der Waals surface area (Å²) in [6, 6.07) is 8.50. The monoisotopic (exact) mass is 241 g/mol. The molecule has 0 amide bonds. The molecule has 2 aromatic rings. The van der Waals surface area contributed by atoms with Gasteiger partial charge < -0.3 is 10.6 Å². The zero-order valence-corrected chi connectivity index (χ0v) is 10.6. The first kappa shape index (κ1) is 11.5. The topological polar surface area (TPSA) is 42.1 Å². The van der Waals surface area contributed by atoms with Crippen LogP contribution < -0.4 is 10.6 Å². The van der Waals surface area contributed by atoms with Crippen molar-refractivity contribution >= 4 is 16.6 Å². The minimum atomic E-state index is 0.588. The molecule has 1 aliphatic heterocycles. The summed E-state index contributed by atoms with van der Waals surface area (Å²) in [7, 11) is 0. The molecule has 0 spiro atoms. The van der Waals surface area contributed by atoms with Crippen molar-refractivity contribution in [2.45, 2.75) is 25.8 Å². The van der Waals surface area contributed by atoms with Gasteiger partial charge in [-0.15, -0.1) is 0 Å². The van der Waals surface area contributed by atoms with Crippen LogP contribution in [0.15, 0.2) is 30.5 Å². The Labute approximate surface area is 108 Å². The third-order valence-electron chi connectivity index (χ3n) is 3.70. The third kappa shape index (κ3) is 2.06. The van der Waals surface area contributed by atoms with E-state index in [1.165, 1.54) is 35.6 Å². The lowest BCUT2D eigenvalue weighted by atomic mass is 10.1. The van der Waals surface area contributed by atoms with E-state index in [4.69, 9.17) is 5.73 Å². The van der Waals surface area contributed by atoms with Gasteiger partial charge in [0.2, 0.25) is 0 Å².